The van der Waals surface area contributed by atoms with Gasteiger partial charge < -0.3 is 4.90 Å². The minimum Gasteiger partial charge on any atom is -0.338 e. The first-order valence-electron chi connectivity index (χ1n) is 9.82. The van der Waals surface area contributed by atoms with Crippen LogP contribution in [0, 0.1) is 5.95 Å². The molecule has 31 heavy (non-hydrogen) atoms. The average molecular weight is 419 g/mol. The number of nitrogens with zero attached hydrogens (tertiary/aromatic N) is 7. The summed E-state index contributed by atoms with van der Waals surface area (Å²) in [6.07, 6.45) is 5.51. The van der Waals surface area contributed by atoms with Crippen LogP contribution in [0.1, 0.15) is 32.8 Å². The van der Waals surface area contributed by atoms with Gasteiger partial charge in [0.05, 0.1) is 17.3 Å². The summed E-state index contributed by atoms with van der Waals surface area (Å²) < 4.78 is 16.9. The van der Waals surface area contributed by atoms with E-state index in [-0.39, 0.29) is 35.2 Å². The summed E-state index contributed by atoms with van der Waals surface area (Å²) in [5.41, 5.74) is 1.99. The number of pyridine rings is 2. The van der Waals surface area contributed by atoms with Crippen LogP contribution < -0.4 is 0 Å². The molecule has 0 aliphatic carbocycles. The third kappa shape index (κ3) is 3.35. The molecule has 0 saturated carbocycles. The van der Waals surface area contributed by atoms with Gasteiger partial charge in [0, 0.05) is 39.0 Å². The van der Waals surface area contributed by atoms with Gasteiger partial charge in [-0.2, -0.15) is 9.49 Å². The number of hydrogen-bond donors (Lipinski definition) is 0. The highest BCUT2D eigenvalue weighted by Gasteiger charge is 2.28. The third-order valence-corrected chi connectivity index (χ3v) is 5.34. The molecule has 1 aliphatic rings. The van der Waals surface area contributed by atoms with Crippen molar-refractivity contribution in [1.29, 1.82) is 0 Å². The quantitative estimate of drug-likeness (QED) is 0.362. The van der Waals surface area contributed by atoms with E-state index in [1.807, 2.05) is 0 Å². The van der Waals surface area contributed by atoms with E-state index in [0.717, 1.165) is 6.42 Å². The number of Topliss-reactive ketones (excluding diaryl/α,β-unsaturated/α-hetero) is 1. The predicted molar refractivity (Wildman–Crippen MR) is 108 cm³/mol. The molecule has 1 amide bonds. The Morgan fingerprint density at radius 3 is 2.81 bits per heavy atom. The van der Waals surface area contributed by atoms with Crippen LogP contribution in [-0.2, 0) is 13.5 Å². The molecule has 0 atom stereocenters. The molecule has 10 heteroatoms. The standard InChI is InChI=1S/C21H18FN7O2/c1-27-18(15(12-24-27)21(31)28-7-3-8-28)16(30)10-13-5-9-29-17(11-13)25-20(26-29)14-4-2-6-23-19(14)22/h2,4-6,9,11-12H,3,7-8,10H2,1H3. The molecule has 0 unspecified atom stereocenters. The van der Waals surface area contributed by atoms with Crippen molar-refractivity contribution < 1.29 is 14.0 Å². The van der Waals surface area contributed by atoms with Gasteiger partial charge in [0.1, 0.15) is 5.69 Å². The Labute approximate surface area is 176 Å². The zero-order valence-electron chi connectivity index (χ0n) is 16.7. The van der Waals surface area contributed by atoms with Gasteiger partial charge >= 0.3 is 0 Å². The smallest absolute Gasteiger partial charge is 0.257 e. The second kappa shape index (κ2) is 7.38. The molecular formula is C21H18FN7O2. The summed E-state index contributed by atoms with van der Waals surface area (Å²) in [6.45, 7) is 1.40. The molecule has 4 aromatic heterocycles. The van der Waals surface area contributed by atoms with Gasteiger partial charge in [-0.05, 0) is 36.2 Å². The molecule has 1 fully saturated rings. The Morgan fingerprint density at radius 1 is 1.23 bits per heavy atom. The maximum absolute atomic E-state index is 14.0. The number of amides is 1. The van der Waals surface area contributed by atoms with Crippen molar-refractivity contribution in [3.05, 3.63) is 65.6 Å². The summed E-state index contributed by atoms with van der Waals surface area (Å²) in [4.78, 5) is 35.3. The predicted octanol–water partition coefficient (Wildman–Crippen LogP) is 1.94. The number of ketones is 1. The fourth-order valence-corrected chi connectivity index (χ4v) is 3.58. The second-order valence-electron chi connectivity index (χ2n) is 7.39. The van der Waals surface area contributed by atoms with Crippen molar-refractivity contribution in [2.45, 2.75) is 12.8 Å². The van der Waals surface area contributed by atoms with Crippen LogP contribution in [0.2, 0.25) is 0 Å². The molecule has 156 valence electrons. The van der Waals surface area contributed by atoms with Crippen LogP contribution in [-0.4, -0.2) is 59.0 Å². The van der Waals surface area contributed by atoms with Crippen LogP contribution in [0.4, 0.5) is 4.39 Å². The van der Waals surface area contributed by atoms with Crippen molar-refractivity contribution in [3.8, 4) is 11.4 Å². The molecule has 4 aromatic rings. The molecule has 0 bridgehead atoms. The highest BCUT2D eigenvalue weighted by molar-refractivity contribution is 6.07. The van der Waals surface area contributed by atoms with Gasteiger partial charge in [0.2, 0.25) is 5.95 Å². The number of aromatic nitrogens is 6. The number of halogens is 1. The van der Waals surface area contributed by atoms with Crippen LogP contribution in [0.5, 0.6) is 0 Å². The van der Waals surface area contributed by atoms with Crippen molar-refractivity contribution >= 4 is 17.3 Å². The van der Waals surface area contributed by atoms with Crippen LogP contribution >= 0.6 is 0 Å². The number of carbonyl (C=O) groups is 2. The molecule has 5 heterocycles. The van der Waals surface area contributed by atoms with E-state index in [2.05, 4.69) is 20.2 Å². The van der Waals surface area contributed by atoms with Gasteiger partial charge in [-0.1, -0.05) is 0 Å². The first kappa shape index (κ1) is 19.0. The number of likely N-dealkylation sites (tertiary alicyclic amines) is 1. The largest absolute Gasteiger partial charge is 0.338 e. The van der Waals surface area contributed by atoms with Crippen LogP contribution in [0.15, 0.2) is 42.9 Å². The van der Waals surface area contributed by atoms with E-state index < -0.39 is 5.95 Å². The highest BCUT2D eigenvalue weighted by atomic mass is 19.1. The van der Waals surface area contributed by atoms with E-state index in [9.17, 15) is 14.0 Å². The van der Waals surface area contributed by atoms with E-state index in [1.165, 1.54) is 21.6 Å². The third-order valence-electron chi connectivity index (χ3n) is 5.34. The highest BCUT2D eigenvalue weighted by Crippen LogP contribution is 2.20. The molecule has 5 rings (SSSR count). The topological polar surface area (TPSA) is 98.3 Å². The number of hydrogen-bond acceptors (Lipinski definition) is 6. The van der Waals surface area contributed by atoms with Crippen LogP contribution in [0.25, 0.3) is 17.0 Å². The van der Waals surface area contributed by atoms with E-state index in [4.69, 9.17) is 0 Å². The van der Waals surface area contributed by atoms with Gasteiger partial charge in [0.25, 0.3) is 5.91 Å². The molecular weight excluding hydrogens is 401 g/mol. The van der Waals surface area contributed by atoms with Crippen molar-refractivity contribution in [1.82, 2.24) is 34.3 Å². The Bertz CT molecular complexity index is 1320. The summed E-state index contributed by atoms with van der Waals surface area (Å²) in [5, 5.41) is 8.39. The molecule has 0 spiro atoms. The molecule has 0 N–H and O–H groups in total. The number of fused-ring (bicyclic) bond motifs is 1. The maximum Gasteiger partial charge on any atom is 0.257 e. The first-order valence-corrected chi connectivity index (χ1v) is 9.82. The molecule has 0 radical (unpaired) electrons. The van der Waals surface area contributed by atoms with Gasteiger partial charge in [-0.25, -0.2) is 14.5 Å². The number of aryl methyl sites for hydroxylation is 1. The molecule has 9 nitrogen and oxygen atoms in total. The lowest BCUT2D eigenvalue weighted by atomic mass is 10.0. The van der Waals surface area contributed by atoms with E-state index in [0.29, 0.717) is 29.9 Å². The zero-order valence-corrected chi connectivity index (χ0v) is 16.7. The maximum atomic E-state index is 14.0. The van der Waals surface area contributed by atoms with Gasteiger partial charge in [-0.15, -0.1) is 5.10 Å². The van der Waals surface area contributed by atoms with E-state index >= 15 is 0 Å². The van der Waals surface area contributed by atoms with Crippen LogP contribution in [0.3, 0.4) is 0 Å². The second-order valence-corrected chi connectivity index (χ2v) is 7.39. The van der Waals surface area contributed by atoms with Crippen molar-refractivity contribution in [2.24, 2.45) is 7.05 Å². The molecule has 1 aliphatic heterocycles. The summed E-state index contributed by atoms with van der Waals surface area (Å²) >= 11 is 0. The summed E-state index contributed by atoms with van der Waals surface area (Å²) in [5.74, 6) is -0.822. The Morgan fingerprint density at radius 2 is 2.06 bits per heavy atom. The Hall–Kier alpha value is -3.95. The normalized spacial score (nSPS) is 13.4. The molecule has 0 aromatic carbocycles. The first-order chi connectivity index (χ1) is 15.0. The summed E-state index contributed by atoms with van der Waals surface area (Å²) in [7, 11) is 1.65. The van der Waals surface area contributed by atoms with Crippen molar-refractivity contribution in [3.63, 3.8) is 0 Å². The zero-order chi connectivity index (χ0) is 21.5. The minimum atomic E-state index is -0.649. The van der Waals surface area contributed by atoms with E-state index in [1.54, 1.807) is 42.4 Å². The molecule has 1 saturated heterocycles. The number of carbonyl (C=O) groups excluding carboxylic acids is 2. The lowest BCUT2D eigenvalue weighted by Crippen LogP contribution is -2.42. The number of rotatable bonds is 5. The monoisotopic (exact) mass is 419 g/mol. The van der Waals surface area contributed by atoms with Crippen molar-refractivity contribution in [2.75, 3.05) is 13.1 Å². The minimum absolute atomic E-state index is 0.0692. The van der Waals surface area contributed by atoms with Gasteiger partial charge in [0.15, 0.2) is 17.3 Å². The Kier molecular flexibility index (Phi) is 4.54. The SMILES string of the molecule is Cn1ncc(C(=O)N2CCC2)c1C(=O)Cc1ccn2nc(-c3cccnc3F)nc2c1. The lowest BCUT2D eigenvalue weighted by Gasteiger charge is -2.30. The summed E-state index contributed by atoms with van der Waals surface area (Å²) in [6, 6.07) is 6.63. The fourth-order valence-electron chi connectivity index (χ4n) is 3.58. The fraction of sp³-hybridized carbons (Fsp3) is 0.238. The lowest BCUT2D eigenvalue weighted by molar-refractivity contribution is 0.0647. The average Bonchev–Trinajstić information content (AvgIpc) is 3.30. The Balaban J connectivity index is 1.42. The van der Waals surface area contributed by atoms with Gasteiger partial charge in [-0.3, -0.25) is 14.3 Å².